The van der Waals surface area contributed by atoms with Gasteiger partial charge >= 0.3 is 0 Å². The number of anilines is 2. The van der Waals surface area contributed by atoms with Crippen molar-refractivity contribution in [3.63, 3.8) is 0 Å². The standard InChI is InChI=1S/C14H15ClFN3O/c1-8(2)19-7-9(15)5-13(19)14(20)18-12-6-10(17)3-4-11(12)16/h3-8H,17H2,1-2H3,(H,18,20). The van der Waals surface area contributed by atoms with Gasteiger partial charge in [0, 0.05) is 17.9 Å². The van der Waals surface area contributed by atoms with Gasteiger partial charge in [-0.15, -0.1) is 0 Å². The van der Waals surface area contributed by atoms with Gasteiger partial charge in [0.2, 0.25) is 0 Å². The molecule has 0 saturated heterocycles. The number of aromatic nitrogens is 1. The second-order valence-corrected chi connectivity index (χ2v) is 5.17. The Bertz CT molecular complexity index is 652. The van der Waals surface area contributed by atoms with Gasteiger partial charge in [0.15, 0.2) is 0 Å². The molecule has 0 unspecified atom stereocenters. The molecule has 0 atom stereocenters. The van der Waals surface area contributed by atoms with Crippen LogP contribution in [-0.4, -0.2) is 10.5 Å². The third-order valence-electron chi connectivity index (χ3n) is 2.84. The molecule has 4 nitrogen and oxygen atoms in total. The molecule has 0 radical (unpaired) electrons. The number of nitrogens with one attached hydrogen (secondary N) is 1. The highest BCUT2D eigenvalue weighted by molar-refractivity contribution is 6.31. The highest BCUT2D eigenvalue weighted by Gasteiger charge is 2.16. The van der Waals surface area contributed by atoms with E-state index in [1.165, 1.54) is 18.2 Å². The molecule has 0 bridgehead atoms. The van der Waals surface area contributed by atoms with Crippen LogP contribution in [0.1, 0.15) is 30.4 Å². The zero-order valence-corrected chi connectivity index (χ0v) is 11.9. The Morgan fingerprint density at radius 2 is 2.10 bits per heavy atom. The molecular weight excluding hydrogens is 281 g/mol. The lowest BCUT2D eigenvalue weighted by molar-refractivity contribution is 0.101. The molecule has 0 spiro atoms. The van der Waals surface area contributed by atoms with E-state index in [2.05, 4.69) is 5.32 Å². The van der Waals surface area contributed by atoms with Crippen molar-refractivity contribution in [2.45, 2.75) is 19.9 Å². The van der Waals surface area contributed by atoms with E-state index < -0.39 is 11.7 Å². The molecular formula is C14H15ClFN3O. The van der Waals surface area contributed by atoms with Crippen molar-refractivity contribution in [3.8, 4) is 0 Å². The predicted molar refractivity (Wildman–Crippen MR) is 78.6 cm³/mol. The number of benzene rings is 1. The number of halogens is 2. The van der Waals surface area contributed by atoms with Crippen molar-refractivity contribution < 1.29 is 9.18 Å². The van der Waals surface area contributed by atoms with Crippen LogP contribution < -0.4 is 11.1 Å². The van der Waals surface area contributed by atoms with E-state index in [0.29, 0.717) is 16.4 Å². The topological polar surface area (TPSA) is 60.0 Å². The summed E-state index contributed by atoms with van der Waals surface area (Å²) in [5, 5.41) is 2.96. The molecule has 1 aromatic heterocycles. The Labute approximate surface area is 121 Å². The molecule has 0 saturated carbocycles. The molecule has 3 N–H and O–H groups in total. The smallest absolute Gasteiger partial charge is 0.272 e. The Balaban J connectivity index is 2.31. The predicted octanol–water partition coefficient (Wildman–Crippen LogP) is 3.70. The average Bonchev–Trinajstić information content (AvgIpc) is 2.76. The average molecular weight is 296 g/mol. The van der Waals surface area contributed by atoms with Gasteiger partial charge in [-0.3, -0.25) is 4.79 Å². The summed E-state index contributed by atoms with van der Waals surface area (Å²) in [6.07, 6.45) is 1.66. The molecule has 106 valence electrons. The minimum absolute atomic E-state index is 0.0441. The number of carbonyl (C=O) groups excluding carboxylic acids is 1. The largest absolute Gasteiger partial charge is 0.399 e. The van der Waals surface area contributed by atoms with E-state index in [0.717, 1.165) is 0 Å². The van der Waals surface area contributed by atoms with E-state index in [-0.39, 0.29) is 11.7 Å². The number of amides is 1. The maximum atomic E-state index is 13.6. The monoisotopic (exact) mass is 295 g/mol. The SMILES string of the molecule is CC(C)n1cc(Cl)cc1C(=O)Nc1cc(N)ccc1F. The zero-order valence-electron chi connectivity index (χ0n) is 11.2. The Kier molecular flexibility index (Phi) is 3.99. The van der Waals surface area contributed by atoms with Gasteiger partial charge in [-0.25, -0.2) is 4.39 Å². The van der Waals surface area contributed by atoms with Crippen LogP contribution in [-0.2, 0) is 0 Å². The second kappa shape index (κ2) is 5.54. The fraction of sp³-hybridized carbons (Fsp3) is 0.214. The van der Waals surface area contributed by atoms with Crippen LogP contribution in [0, 0.1) is 5.82 Å². The Morgan fingerprint density at radius 3 is 2.75 bits per heavy atom. The van der Waals surface area contributed by atoms with Crippen molar-refractivity contribution in [1.29, 1.82) is 0 Å². The van der Waals surface area contributed by atoms with E-state index in [1.54, 1.807) is 16.8 Å². The van der Waals surface area contributed by atoms with Gasteiger partial charge in [0.1, 0.15) is 11.5 Å². The van der Waals surface area contributed by atoms with Crippen LogP contribution in [0.5, 0.6) is 0 Å². The van der Waals surface area contributed by atoms with Crippen molar-refractivity contribution in [3.05, 3.63) is 47.0 Å². The maximum Gasteiger partial charge on any atom is 0.272 e. The van der Waals surface area contributed by atoms with Gasteiger partial charge in [-0.2, -0.15) is 0 Å². The fourth-order valence-electron chi connectivity index (χ4n) is 1.88. The van der Waals surface area contributed by atoms with Crippen molar-refractivity contribution >= 4 is 28.9 Å². The van der Waals surface area contributed by atoms with Crippen LogP contribution in [0.25, 0.3) is 0 Å². The van der Waals surface area contributed by atoms with Crippen LogP contribution in [0.3, 0.4) is 0 Å². The van der Waals surface area contributed by atoms with Crippen molar-refractivity contribution in [2.24, 2.45) is 0 Å². The third-order valence-corrected chi connectivity index (χ3v) is 3.05. The molecule has 2 aromatic rings. The summed E-state index contributed by atoms with van der Waals surface area (Å²) in [4.78, 5) is 12.2. The van der Waals surface area contributed by atoms with Gasteiger partial charge in [-0.05, 0) is 38.1 Å². The first kappa shape index (κ1) is 14.4. The van der Waals surface area contributed by atoms with Crippen LogP contribution in [0.15, 0.2) is 30.5 Å². The van der Waals surface area contributed by atoms with Gasteiger partial charge in [-0.1, -0.05) is 11.6 Å². The summed E-state index contributed by atoms with van der Waals surface area (Å²) < 4.78 is 15.3. The zero-order chi connectivity index (χ0) is 14.9. The van der Waals surface area contributed by atoms with Crippen LogP contribution >= 0.6 is 11.6 Å². The lowest BCUT2D eigenvalue weighted by atomic mass is 10.2. The van der Waals surface area contributed by atoms with E-state index in [1.807, 2.05) is 13.8 Å². The molecule has 0 aliphatic carbocycles. The highest BCUT2D eigenvalue weighted by Crippen LogP contribution is 2.22. The lowest BCUT2D eigenvalue weighted by Gasteiger charge is -2.13. The number of rotatable bonds is 3. The molecule has 0 aliphatic heterocycles. The van der Waals surface area contributed by atoms with Gasteiger partial charge in [0.25, 0.3) is 5.91 Å². The lowest BCUT2D eigenvalue weighted by Crippen LogP contribution is -2.18. The number of nitrogens with two attached hydrogens (primary N) is 1. The fourth-order valence-corrected chi connectivity index (χ4v) is 2.09. The van der Waals surface area contributed by atoms with Gasteiger partial charge < -0.3 is 15.6 Å². The second-order valence-electron chi connectivity index (χ2n) is 4.74. The first-order valence-electron chi connectivity index (χ1n) is 6.12. The maximum absolute atomic E-state index is 13.6. The summed E-state index contributed by atoms with van der Waals surface area (Å²) in [6.45, 7) is 3.85. The number of nitrogen functional groups attached to an aromatic ring is 1. The number of hydrogen-bond acceptors (Lipinski definition) is 2. The number of hydrogen-bond donors (Lipinski definition) is 2. The molecule has 20 heavy (non-hydrogen) atoms. The Morgan fingerprint density at radius 1 is 1.40 bits per heavy atom. The molecule has 2 rings (SSSR count). The summed E-state index contributed by atoms with van der Waals surface area (Å²) in [5.41, 5.74) is 6.37. The molecule has 1 heterocycles. The minimum Gasteiger partial charge on any atom is -0.399 e. The van der Waals surface area contributed by atoms with Crippen molar-refractivity contribution in [2.75, 3.05) is 11.1 Å². The highest BCUT2D eigenvalue weighted by atomic mass is 35.5. The minimum atomic E-state index is -0.540. The van der Waals surface area contributed by atoms with E-state index in [4.69, 9.17) is 17.3 Å². The first-order valence-corrected chi connectivity index (χ1v) is 6.50. The molecule has 0 aliphatic rings. The van der Waals surface area contributed by atoms with Gasteiger partial charge in [0.05, 0.1) is 10.7 Å². The first-order chi connectivity index (χ1) is 9.38. The molecule has 1 amide bonds. The molecule has 6 heteroatoms. The quantitative estimate of drug-likeness (QED) is 0.848. The molecule has 1 aromatic carbocycles. The summed E-state index contributed by atoms with van der Waals surface area (Å²) in [5.74, 6) is -0.976. The van der Waals surface area contributed by atoms with Crippen LogP contribution in [0.4, 0.5) is 15.8 Å². The Hall–Kier alpha value is -2.01. The number of carbonyl (C=O) groups is 1. The summed E-state index contributed by atoms with van der Waals surface area (Å²) in [6, 6.07) is 5.62. The van der Waals surface area contributed by atoms with Crippen molar-refractivity contribution in [1.82, 2.24) is 4.57 Å². The van der Waals surface area contributed by atoms with E-state index >= 15 is 0 Å². The molecule has 0 fully saturated rings. The third kappa shape index (κ3) is 2.93. The van der Waals surface area contributed by atoms with E-state index in [9.17, 15) is 9.18 Å². The number of nitrogens with zero attached hydrogens (tertiary/aromatic N) is 1. The van der Waals surface area contributed by atoms with Crippen LogP contribution in [0.2, 0.25) is 5.02 Å². The normalized spacial score (nSPS) is 10.8. The summed E-state index contributed by atoms with van der Waals surface area (Å²) >= 11 is 5.92. The summed E-state index contributed by atoms with van der Waals surface area (Å²) in [7, 11) is 0.